The van der Waals surface area contributed by atoms with Gasteiger partial charge in [0.15, 0.2) is 0 Å². The Hall–Kier alpha value is -1.17. The maximum absolute atomic E-state index is 13.4. The van der Waals surface area contributed by atoms with E-state index in [4.69, 9.17) is 4.74 Å². The molecule has 0 bridgehead atoms. The molecule has 4 nitrogen and oxygen atoms in total. The minimum absolute atomic E-state index is 0. The van der Waals surface area contributed by atoms with Crippen LogP contribution >= 0.6 is 12.4 Å². The number of benzene rings is 1. The number of ether oxygens (including phenoxy) is 1. The lowest BCUT2D eigenvalue weighted by molar-refractivity contribution is -0.124. The molecule has 0 aromatic heterocycles. The van der Waals surface area contributed by atoms with Gasteiger partial charge in [0.2, 0.25) is 5.91 Å². The third kappa shape index (κ3) is 4.44. The quantitative estimate of drug-likeness (QED) is 0.869. The first kappa shape index (κ1) is 16.9. The summed E-state index contributed by atoms with van der Waals surface area (Å²) in [4.78, 5) is 11.8. The first-order chi connectivity index (χ1) is 9.20. The first-order valence-electron chi connectivity index (χ1n) is 6.45. The smallest absolute Gasteiger partial charge is 0.224 e. The highest BCUT2D eigenvalue weighted by molar-refractivity contribution is 5.85. The van der Waals surface area contributed by atoms with Crippen molar-refractivity contribution in [1.29, 1.82) is 0 Å². The highest BCUT2D eigenvalue weighted by Gasteiger charge is 2.21. The van der Waals surface area contributed by atoms with Crippen LogP contribution in [0, 0.1) is 11.7 Å². The summed E-state index contributed by atoms with van der Waals surface area (Å²) < 4.78 is 18.4. The van der Waals surface area contributed by atoms with E-state index in [0.29, 0.717) is 12.1 Å². The molecular weight excluding hydrogens is 283 g/mol. The number of halogens is 2. The second-order valence-corrected chi connectivity index (χ2v) is 4.77. The lowest BCUT2D eigenvalue weighted by Crippen LogP contribution is -2.31. The zero-order chi connectivity index (χ0) is 13.7. The molecule has 20 heavy (non-hydrogen) atoms. The molecule has 1 amide bonds. The maximum Gasteiger partial charge on any atom is 0.224 e. The van der Waals surface area contributed by atoms with Crippen LogP contribution in [0.5, 0.6) is 0 Å². The van der Waals surface area contributed by atoms with E-state index in [9.17, 15) is 9.18 Å². The third-order valence-corrected chi connectivity index (χ3v) is 3.31. The summed E-state index contributed by atoms with van der Waals surface area (Å²) in [5.74, 6) is -0.168. The Kier molecular flexibility index (Phi) is 6.91. The van der Waals surface area contributed by atoms with Gasteiger partial charge in [-0.3, -0.25) is 4.79 Å². The van der Waals surface area contributed by atoms with Crippen LogP contribution in [0.2, 0.25) is 0 Å². The van der Waals surface area contributed by atoms with E-state index in [1.807, 2.05) is 0 Å². The molecule has 1 aromatic carbocycles. The van der Waals surface area contributed by atoms with Gasteiger partial charge in [0, 0.05) is 25.8 Å². The van der Waals surface area contributed by atoms with Crippen LogP contribution in [-0.4, -0.2) is 26.1 Å². The van der Waals surface area contributed by atoms with Gasteiger partial charge in [-0.05, 0) is 30.7 Å². The molecule has 6 heteroatoms. The van der Waals surface area contributed by atoms with Gasteiger partial charge in [0.05, 0.1) is 12.5 Å². The molecule has 0 aliphatic carbocycles. The normalized spacial score (nSPS) is 17.6. The molecule has 1 heterocycles. The van der Waals surface area contributed by atoms with Crippen LogP contribution in [-0.2, 0) is 22.7 Å². The minimum atomic E-state index is -0.281. The van der Waals surface area contributed by atoms with E-state index in [2.05, 4.69) is 10.6 Å². The highest BCUT2D eigenvalue weighted by atomic mass is 35.5. The largest absolute Gasteiger partial charge is 0.380 e. The SMILES string of the molecule is COCc1cc(CNC(=O)C2CCNC2)ccc1F.Cl. The second kappa shape index (κ2) is 8.19. The number of rotatable bonds is 5. The van der Waals surface area contributed by atoms with Gasteiger partial charge < -0.3 is 15.4 Å². The van der Waals surface area contributed by atoms with Gasteiger partial charge in [0.1, 0.15) is 5.82 Å². The molecule has 2 rings (SSSR count). The van der Waals surface area contributed by atoms with Crippen molar-refractivity contribution >= 4 is 18.3 Å². The molecule has 0 saturated carbocycles. The molecule has 112 valence electrons. The van der Waals surface area contributed by atoms with Gasteiger partial charge in [-0.25, -0.2) is 4.39 Å². The summed E-state index contributed by atoms with van der Waals surface area (Å²) in [7, 11) is 1.53. The van der Waals surface area contributed by atoms with E-state index in [1.54, 1.807) is 12.1 Å². The summed E-state index contributed by atoms with van der Waals surface area (Å²) in [6.45, 7) is 2.29. The molecule has 1 fully saturated rings. The molecule has 1 aromatic rings. The Labute approximate surface area is 124 Å². The molecule has 1 saturated heterocycles. The number of nitrogens with one attached hydrogen (secondary N) is 2. The van der Waals surface area contributed by atoms with E-state index >= 15 is 0 Å². The van der Waals surface area contributed by atoms with Gasteiger partial charge >= 0.3 is 0 Å². The van der Waals surface area contributed by atoms with Crippen molar-refractivity contribution in [2.75, 3.05) is 20.2 Å². The maximum atomic E-state index is 13.4. The highest BCUT2D eigenvalue weighted by Crippen LogP contribution is 2.12. The fraction of sp³-hybridized carbons (Fsp3) is 0.500. The Morgan fingerprint density at radius 1 is 1.55 bits per heavy atom. The Morgan fingerprint density at radius 2 is 2.35 bits per heavy atom. The van der Waals surface area contributed by atoms with E-state index in [1.165, 1.54) is 13.2 Å². The van der Waals surface area contributed by atoms with E-state index in [-0.39, 0.29) is 36.7 Å². The van der Waals surface area contributed by atoms with Crippen molar-refractivity contribution < 1.29 is 13.9 Å². The number of carbonyl (C=O) groups is 1. The summed E-state index contributed by atoms with van der Waals surface area (Å²) in [6.07, 6.45) is 0.879. The summed E-state index contributed by atoms with van der Waals surface area (Å²) in [6, 6.07) is 4.82. The fourth-order valence-electron chi connectivity index (χ4n) is 2.22. The van der Waals surface area contributed by atoms with Crippen LogP contribution < -0.4 is 10.6 Å². The lowest BCUT2D eigenvalue weighted by Gasteiger charge is -2.11. The van der Waals surface area contributed by atoms with E-state index in [0.717, 1.165) is 25.1 Å². The van der Waals surface area contributed by atoms with Crippen molar-refractivity contribution in [1.82, 2.24) is 10.6 Å². The number of hydrogen-bond acceptors (Lipinski definition) is 3. The third-order valence-electron chi connectivity index (χ3n) is 3.31. The molecular formula is C14H20ClFN2O2. The fourth-order valence-corrected chi connectivity index (χ4v) is 2.22. The van der Waals surface area contributed by atoms with Crippen LogP contribution in [0.3, 0.4) is 0 Å². The molecule has 2 N–H and O–H groups in total. The Balaban J connectivity index is 0.00000200. The standard InChI is InChI=1S/C14H19FN2O2.ClH/c1-19-9-12-6-10(2-3-13(12)15)7-17-14(18)11-4-5-16-8-11;/h2-3,6,11,16H,4-5,7-9H2,1H3,(H,17,18);1H. The Bertz CT molecular complexity index is 451. The average molecular weight is 303 g/mol. The zero-order valence-electron chi connectivity index (χ0n) is 11.4. The second-order valence-electron chi connectivity index (χ2n) is 4.77. The van der Waals surface area contributed by atoms with E-state index < -0.39 is 0 Å². The predicted octanol–water partition coefficient (Wildman–Crippen LogP) is 1.62. The summed E-state index contributed by atoms with van der Waals surface area (Å²) in [5.41, 5.74) is 1.39. The number of carbonyl (C=O) groups excluding carboxylic acids is 1. The van der Waals surface area contributed by atoms with Gasteiger partial charge in [-0.15, -0.1) is 12.4 Å². The molecule has 1 unspecified atom stereocenters. The first-order valence-corrected chi connectivity index (χ1v) is 6.45. The van der Waals surface area contributed by atoms with Gasteiger partial charge in [-0.2, -0.15) is 0 Å². The topological polar surface area (TPSA) is 50.4 Å². The number of amides is 1. The van der Waals surface area contributed by atoms with Crippen molar-refractivity contribution in [3.05, 3.63) is 35.1 Å². The molecule has 0 radical (unpaired) electrons. The van der Waals surface area contributed by atoms with Crippen LogP contribution in [0.1, 0.15) is 17.5 Å². The minimum Gasteiger partial charge on any atom is -0.380 e. The molecule has 1 aliphatic rings. The van der Waals surface area contributed by atoms with Gasteiger partial charge in [0.25, 0.3) is 0 Å². The summed E-state index contributed by atoms with van der Waals surface area (Å²) >= 11 is 0. The van der Waals surface area contributed by atoms with Crippen LogP contribution in [0.25, 0.3) is 0 Å². The van der Waals surface area contributed by atoms with Crippen LogP contribution in [0.15, 0.2) is 18.2 Å². The lowest BCUT2D eigenvalue weighted by atomic mass is 10.1. The van der Waals surface area contributed by atoms with Gasteiger partial charge in [-0.1, -0.05) is 6.07 Å². The van der Waals surface area contributed by atoms with Crippen LogP contribution in [0.4, 0.5) is 4.39 Å². The zero-order valence-corrected chi connectivity index (χ0v) is 12.3. The van der Waals surface area contributed by atoms with Crippen molar-refractivity contribution in [2.45, 2.75) is 19.6 Å². The summed E-state index contributed by atoms with van der Waals surface area (Å²) in [5, 5.41) is 6.05. The molecule has 1 aliphatic heterocycles. The molecule has 1 atom stereocenters. The Morgan fingerprint density at radius 3 is 3.00 bits per heavy atom. The van der Waals surface area contributed by atoms with Crippen molar-refractivity contribution in [3.63, 3.8) is 0 Å². The predicted molar refractivity (Wildman–Crippen MR) is 77.2 cm³/mol. The molecule has 0 spiro atoms. The number of methoxy groups -OCH3 is 1. The average Bonchev–Trinajstić information content (AvgIpc) is 2.93. The van der Waals surface area contributed by atoms with Crippen molar-refractivity contribution in [3.8, 4) is 0 Å². The monoisotopic (exact) mass is 302 g/mol. The number of hydrogen-bond donors (Lipinski definition) is 2. The van der Waals surface area contributed by atoms with Crippen molar-refractivity contribution in [2.24, 2.45) is 5.92 Å².